The van der Waals surface area contributed by atoms with Gasteiger partial charge in [-0.1, -0.05) is 19.1 Å². The fraction of sp³-hybridized carbons (Fsp3) is 0.552. The number of hydrogen-bond acceptors (Lipinski definition) is 8. The van der Waals surface area contributed by atoms with Crippen molar-refractivity contribution in [2.24, 2.45) is 16.7 Å². The van der Waals surface area contributed by atoms with E-state index in [1.54, 1.807) is 19.3 Å². The standard InChI is InChI=1S/C29H37NO7/c1-7-11-30(12-8-2)14-18-15-36-22(16-35-6)29(5)24(18)27(34)26(33)23-19-9-10-21(32)28(19,4)13-20(25(23)29)37-17(3)31/h7-8,14,19-20,22,34H,1-2,9-13,15-16H2,3-6H3/b18-14-/t19?,20?,22?,28?,29-/m0/s1. The fourth-order valence-electron chi connectivity index (χ4n) is 6.91. The number of aliphatic hydroxyl groups excluding tert-OH is 1. The number of allylic oxidation sites excluding steroid dienone is 1. The predicted molar refractivity (Wildman–Crippen MR) is 137 cm³/mol. The number of carbonyl (C=O) groups excluding carboxylic acids is 3. The third kappa shape index (κ3) is 4.20. The van der Waals surface area contributed by atoms with Crippen LogP contribution in [0, 0.1) is 16.7 Å². The molecule has 2 fully saturated rings. The number of ketones is 2. The zero-order chi connectivity index (χ0) is 27.1. The Hall–Kier alpha value is -2.97. The summed E-state index contributed by atoms with van der Waals surface area (Å²) < 4.78 is 17.7. The maximum atomic E-state index is 14.0. The van der Waals surface area contributed by atoms with Gasteiger partial charge in [0, 0.05) is 74.2 Å². The molecule has 1 N–H and O–H groups in total. The summed E-state index contributed by atoms with van der Waals surface area (Å²) >= 11 is 0. The maximum Gasteiger partial charge on any atom is 0.303 e. The van der Waals surface area contributed by atoms with Gasteiger partial charge in [-0.2, -0.15) is 0 Å². The van der Waals surface area contributed by atoms with Gasteiger partial charge in [-0.3, -0.25) is 14.4 Å². The number of esters is 1. The Morgan fingerprint density at radius 3 is 2.51 bits per heavy atom. The summed E-state index contributed by atoms with van der Waals surface area (Å²) in [5.41, 5.74) is 0.215. The molecule has 4 unspecified atom stereocenters. The van der Waals surface area contributed by atoms with Crippen LogP contribution in [0.25, 0.3) is 0 Å². The van der Waals surface area contributed by atoms with Crippen molar-refractivity contribution < 1.29 is 33.7 Å². The van der Waals surface area contributed by atoms with Crippen LogP contribution in [0.3, 0.4) is 0 Å². The second-order valence-corrected chi connectivity index (χ2v) is 10.8. The molecular formula is C29H37NO7. The van der Waals surface area contributed by atoms with Gasteiger partial charge in [0.1, 0.15) is 11.9 Å². The molecule has 0 radical (unpaired) electrons. The lowest BCUT2D eigenvalue weighted by atomic mass is 9.53. The Morgan fingerprint density at radius 1 is 1.24 bits per heavy atom. The van der Waals surface area contributed by atoms with Crippen molar-refractivity contribution in [3.05, 3.63) is 59.6 Å². The van der Waals surface area contributed by atoms with Crippen LogP contribution in [0.2, 0.25) is 0 Å². The Kier molecular flexibility index (Phi) is 7.36. The Labute approximate surface area is 218 Å². The van der Waals surface area contributed by atoms with E-state index in [4.69, 9.17) is 14.2 Å². The molecule has 37 heavy (non-hydrogen) atoms. The lowest BCUT2D eigenvalue weighted by Crippen LogP contribution is -2.56. The third-order valence-corrected chi connectivity index (χ3v) is 8.51. The largest absolute Gasteiger partial charge is 0.504 e. The predicted octanol–water partition coefficient (Wildman–Crippen LogP) is 3.61. The van der Waals surface area contributed by atoms with E-state index in [-0.39, 0.29) is 37.1 Å². The highest BCUT2D eigenvalue weighted by atomic mass is 16.5. The van der Waals surface area contributed by atoms with Gasteiger partial charge < -0.3 is 24.2 Å². The van der Waals surface area contributed by atoms with E-state index in [2.05, 4.69) is 13.2 Å². The molecule has 0 aromatic carbocycles. The maximum absolute atomic E-state index is 14.0. The van der Waals surface area contributed by atoms with E-state index in [9.17, 15) is 19.5 Å². The van der Waals surface area contributed by atoms with Crippen LogP contribution in [0.15, 0.2) is 59.6 Å². The highest BCUT2D eigenvalue weighted by molar-refractivity contribution is 6.12. The molecule has 0 bridgehead atoms. The van der Waals surface area contributed by atoms with Crippen molar-refractivity contribution in [2.75, 3.05) is 33.4 Å². The number of ether oxygens (including phenoxy) is 3. The number of hydrogen-bond donors (Lipinski definition) is 1. The van der Waals surface area contributed by atoms with Crippen LogP contribution < -0.4 is 0 Å². The molecule has 1 saturated heterocycles. The number of nitrogens with zero attached hydrogens (tertiary/aromatic N) is 1. The number of aliphatic hydroxyl groups is 1. The zero-order valence-electron chi connectivity index (χ0n) is 22.2. The van der Waals surface area contributed by atoms with Gasteiger partial charge in [-0.25, -0.2) is 0 Å². The molecule has 3 aliphatic carbocycles. The van der Waals surface area contributed by atoms with Crippen molar-refractivity contribution in [1.29, 1.82) is 0 Å². The molecule has 0 amide bonds. The minimum Gasteiger partial charge on any atom is -0.504 e. The highest BCUT2D eigenvalue weighted by Crippen LogP contribution is 2.62. The van der Waals surface area contributed by atoms with E-state index >= 15 is 0 Å². The van der Waals surface area contributed by atoms with Gasteiger partial charge in [0.25, 0.3) is 0 Å². The second-order valence-electron chi connectivity index (χ2n) is 10.8. The summed E-state index contributed by atoms with van der Waals surface area (Å²) in [6, 6.07) is 0. The summed E-state index contributed by atoms with van der Waals surface area (Å²) in [7, 11) is 1.57. The van der Waals surface area contributed by atoms with Crippen LogP contribution in [0.1, 0.15) is 40.0 Å². The number of fused-ring (bicyclic) bond motifs is 4. The molecule has 0 aromatic rings. The topological polar surface area (TPSA) is 102 Å². The van der Waals surface area contributed by atoms with Crippen molar-refractivity contribution in [2.45, 2.75) is 52.2 Å². The molecular weight excluding hydrogens is 474 g/mol. The summed E-state index contributed by atoms with van der Waals surface area (Å²) in [4.78, 5) is 41.2. The second kappa shape index (κ2) is 10.1. The molecule has 1 aliphatic heterocycles. The molecule has 8 nitrogen and oxygen atoms in total. The van der Waals surface area contributed by atoms with Crippen molar-refractivity contribution in [1.82, 2.24) is 4.90 Å². The Bertz CT molecular complexity index is 1120. The van der Waals surface area contributed by atoms with Crippen molar-refractivity contribution >= 4 is 17.5 Å². The molecule has 8 heteroatoms. The SMILES string of the molecule is C=CCN(/C=C1/COC(COC)[C@@]2(C)C1=C(O)C(=O)C1=C2C(OC(C)=O)CC2(C)C(=O)CCC12)CC=C. The smallest absolute Gasteiger partial charge is 0.303 e. The minimum atomic E-state index is -1.03. The molecule has 200 valence electrons. The average molecular weight is 512 g/mol. The first-order valence-electron chi connectivity index (χ1n) is 12.7. The van der Waals surface area contributed by atoms with Crippen LogP contribution in [-0.2, 0) is 28.6 Å². The molecule has 4 rings (SSSR count). The first kappa shape index (κ1) is 27.1. The van der Waals surface area contributed by atoms with Gasteiger partial charge in [0.05, 0.1) is 24.7 Å². The first-order valence-corrected chi connectivity index (χ1v) is 12.7. The molecule has 0 spiro atoms. The molecule has 4 aliphatic rings. The summed E-state index contributed by atoms with van der Waals surface area (Å²) in [6.07, 6.45) is 5.14. The van der Waals surface area contributed by atoms with E-state index in [0.29, 0.717) is 48.2 Å². The van der Waals surface area contributed by atoms with Gasteiger partial charge in [-0.05, 0) is 18.9 Å². The molecule has 1 saturated carbocycles. The van der Waals surface area contributed by atoms with Crippen LogP contribution in [-0.4, -0.2) is 73.2 Å². The van der Waals surface area contributed by atoms with Gasteiger partial charge in [0.2, 0.25) is 5.78 Å². The van der Waals surface area contributed by atoms with Crippen LogP contribution >= 0.6 is 0 Å². The van der Waals surface area contributed by atoms with Crippen molar-refractivity contribution in [3.63, 3.8) is 0 Å². The average Bonchev–Trinajstić information content (AvgIpc) is 3.12. The summed E-state index contributed by atoms with van der Waals surface area (Å²) in [5, 5.41) is 11.6. The van der Waals surface area contributed by atoms with Crippen LogP contribution in [0.4, 0.5) is 0 Å². The highest BCUT2D eigenvalue weighted by Gasteiger charge is 2.63. The lowest BCUT2D eigenvalue weighted by molar-refractivity contribution is -0.151. The zero-order valence-corrected chi connectivity index (χ0v) is 22.2. The summed E-state index contributed by atoms with van der Waals surface area (Å²) in [5.74, 6) is -1.68. The summed E-state index contributed by atoms with van der Waals surface area (Å²) in [6.45, 7) is 14.1. The van der Waals surface area contributed by atoms with E-state index in [0.717, 1.165) is 0 Å². The first-order chi connectivity index (χ1) is 17.5. The number of Topliss-reactive ketones (excluding diaryl/α,β-unsaturated/α-hetero) is 2. The third-order valence-electron chi connectivity index (χ3n) is 8.51. The number of methoxy groups -OCH3 is 1. The number of carbonyl (C=O) groups is 3. The van der Waals surface area contributed by atoms with Gasteiger partial charge in [0.15, 0.2) is 5.76 Å². The Morgan fingerprint density at radius 2 is 1.92 bits per heavy atom. The van der Waals surface area contributed by atoms with E-state index < -0.39 is 34.8 Å². The minimum absolute atomic E-state index is 0.0480. The normalized spacial score (nSPS) is 34.2. The van der Waals surface area contributed by atoms with Crippen LogP contribution in [0.5, 0.6) is 0 Å². The Balaban J connectivity index is 1.98. The van der Waals surface area contributed by atoms with E-state index in [1.807, 2.05) is 24.9 Å². The monoisotopic (exact) mass is 511 g/mol. The molecule has 5 atom stereocenters. The molecule has 1 heterocycles. The van der Waals surface area contributed by atoms with E-state index in [1.165, 1.54) is 6.92 Å². The van der Waals surface area contributed by atoms with Gasteiger partial charge >= 0.3 is 5.97 Å². The fourth-order valence-corrected chi connectivity index (χ4v) is 6.91. The van der Waals surface area contributed by atoms with Gasteiger partial charge in [-0.15, -0.1) is 13.2 Å². The number of rotatable bonds is 8. The lowest BCUT2D eigenvalue weighted by Gasteiger charge is -2.54. The quantitative estimate of drug-likeness (QED) is 0.390. The molecule has 0 aromatic heterocycles. The van der Waals surface area contributed by atoms with Crippen molar-refractivity contribution in [3.8, 4) is 0 Å².